The van der Waals surface area contributed by atoms with Gasteiger partial charge in [-0.3, -0.25) is 4.99 Å². The minimum Gasteiger partial charge on any atom is -0.497 e. The van der Waals surface area contributed by atoms with E-state index in [1.54, 1.807) is 13.4 Å². The molecule has 1 fully saturated rings. The van der Waals surface area contributed by atoms with Crippen LogP contribution in [0.15, 0.2) is 35.6 Å². The lowest BCUT2D eigenvalue weighted by molar-refractivity contribution is 0.369. The summed E-state index contributed by atoms with van der Waals surface area (Å²) in [5, 5.41) is 11.7. The minimum atomic E-state index is 0.532. The van der Waals surface area contributed by atoms with E-state index in [-0.39, 0.29) is 0 Å². The number of nitrogens with zero attached hydrogens (tertiary/aromatic N) is 6. The Morgan fingerprint density at radius 2 is 2.03 bits per heavy atom. The molecule has 8 nitrogen and oxygen atoms in total. The predicted octanol–water partition coefficient (Wildman–Crippen LogP) is 2.27. The van der Waals surface area contributed by atoms with Crippen molar-refractivity contribution in [1.29, 1.82) is 0 Å². The Morgan fingerprint density at radius 3 is 2.73 bits per heavy atom. The molecule has 1 N–H and O–H groups in total. The molecule has 0 radical (unpaired) electrons. The van der Waals surface area contributed by atoms with Crippen molar-refractivity contribution in [3.05, 3.63) is 36.4 Å². The lowest BCUT2D eigenvalue weighted by Gasteiger charge is -2.38. The molecule has 0 amide bonds. The van der Waals surface area contributed by atoms with Crippen LogP contribution in [0.4, 0.5) is 5.69 Å². The van der Waals surface area contributed by atoms with Crippen LogP contribution in [0.25, 0.3) is 0 Å². The first-order valence-electron chi connectivity index (χ1n) is 10.9. The highest BCUT2D eigenvalue weighted by Gasteiger charge is 2.20. The zero-order valence-corrected chi connectivity index (χ0v) is 18.7. The molecule has 0 unspecified atom stereocenters. The number of aryl methyl sites for hydroxylation is 1. The number of aromatic nitrogens is 3. The first-order chi connectivity index (χ1) is 14.6. The molecule has 30 heavy (non-hydrogen) atoms. The van der Waals surface area contributed by atoms with Gasteiger partial charge in [0.2, 0.25) is 0 Å². The maximum Gasteiger partial charge on any atom is 0.194 e. The molecule has 164 valence electrons. The molecule has 0 atom stereocenters. The van der Waals surface area contributed by atoms with Gasteiger partial charge >= 0.3 is 0 Å². The third-order valence-corrected chi connectivity index (χ3v) is 5.25. The van der Waals surface area contributed by atoms with E-state index in [1.807, 2.05) is 12.1 Å². The fourth-order valence-electron chi connectivity index (χ4n) is 3.55. The Labute approximate surface area is 179 Å². The molecule has 3 rings (SSSR count). The maximum atomic E-state index is 5.37. The van der Waals surface area contributed by atoms with E-state index in [4.69, 9.17) is 9.73 Å². The van der Waals surface area contributed by atoms with Crippen LogP contribution >= 0.6 is 0 Å². The number of hydrogen-bond acceptors (Lipinski definition) is 5. The third-order valence-electron chi connectivity index (χ3n) is 5.25. The second-order valence-corrected chi connectivity index (χ2v) is 7.95. The van der Waals surface area contributed by atoms with Gasteiger partial charge in [-0.15, -0.1) is 10.2 Å². The highest BCUT2D eigenvalue weighted by atomic mass is 16.5. The summed E-state index contributed by atoms with van der Waals surface area (Å²) in [5.41, 5.74) is 1.21. The van der Waals surface area contributed by atoms with Gasteiger partial charge in [0.15, 0.2) is 5.96 Å². The van der Waals surface area contributed by atoms with Crippen molar-refractivity contribution in [2.75, 3.05) is 51.3 Å². The normalized spacial score (nSPS) is 15.0. The largest absolute Gasteiger partial charge is 0.497 e. The van der Waals surface area contributed by atoms with Crippen LogP contribution < -0.4 is 15.0 Å². The van der Waals surface area contributed by atoms with Crippen molar-refractivity contribution in [2.45, 2.75) is 33.7 Å². The summed E-state index contributed by atoms with van der Waals surface area (Å²) in [5.74, 6) is 3.45. The van der Waals surface area contributed by atoms with Gasteiger partial charge in [0.1, 0.15) is 17.9 Å². The number of nitrogens with one attached hydrogen (secondary N) is 1. The van der Waals surface area contributed by atoms with Crippen LogP contribution in [-0.4, -0.2) is 72.0 Å². The number of ether oxygens (including phenoxy) is 1. The molecule has 1 aromatic carbocycles. The van der Waals surface area contributed by atoms with Crippen LogP contribution in [0.2, 0.25) is 0 Å². The van der Waals surface area contributed by atoms with E-state index in [0.717, 1.165) is 69.8 Å². The maximum absolute atomic E-state index is 5.37. The average molecular weight is 414 g/mol. The molecular weight excluding hydrogens is 378 g/mol. The first-order valence-corrected chi connectivity index (χ1v) is 10.9. The van der Waals surface area contributed by atoms with Gasteiger partial charge in [-0.1, -0.05) is 26.8 Å². The van der Waals surface area contributed by atoms with E-state index in [2.05, 4.69) is 62.8 Å². The number of hydrogen-bond donors (Lipinski definition) is 1. The Bertz CT molecular complexity index is 809. The number of methoxy groups -OCH3 is 1. The van der Waals surface area contributed by atoms with Gasteiger partial charge in [0, 0.05) is 64.0 Å². The van der Waals surface area contributed by atoms with Gasteiger partial charge in [-0.05, 0) is 18.1 Å². The van der Waals surface area contributed by atoms with Crippen molar-refractivity contribution in [1.82, 2.24) is 25.0 Å². The van der Waals surface area contributed by atoms with E-state index in [9.17, 15) is 0 Å². The zero-order valence-electron chi connectivity index (χ0n) is 18.7. The molecule has 0 aliphatic carbocycles. The second-order valence-electron chi connectivity index (χ2n) is 7.95. The highest BCUT2D eigenvalue weighted by molar-refractivity contribution is 5.80. The van der Waals surface area contributed by atoms with Gasteiger partial charge in [-0.2, -0.15) is 0 Å². The molecule has 0 bridgehead atoms. The monoisotopic (exact) mass is 413 g/mol. The van der Waals surface area contributed by atoms with Crippen LogP contribution in [-0.2, 0) is 13.0 Å². The van der Waals surface area contributed by atoms with E-state index in [0.29, 0.717) is 5.92 Å². The van der Waals surface area contributed by atoms with Gasteiger partial charge in [0.25, 0.3) is 0 Å². The second kappa shape index (κ2) is 10.8. The number of rotatable bonds is 8. The smallest absolute Gasteiger partial charge is 0.194 e. The summed E-state index contributed by atoms with van der Waals surface area (Å²) in [7, 11) is 1.71. The molecule has 2 heterocycles. The number of aliphatic imine (C=N–C) groups is 1. The average Bonchev–Trinajstić information content (AvgIpc) is 3.23. The summed E-state index contributed by atoms with van der Waals surface area (Å²) in [6.45, 7) is 12.8. The highest BCUT2D eigenvalue weighted by Crippen LogP contribution is 2.22. The topological polar surface area (TPSA) is 70.8 Å². The van der Waals surface area contributed by atoms with Crippen LogP contribution in [0.5, 0.6) is 5.75 Å². The van der Waals surface area contributed by atoms with Crippen molar-refractivity contribution in [3.63, 3.8) is 0 Å². The summed E-state index contributed by atoms with van der Waals surface area (Å²) >= 11 is 0. The molecule has 1 aliphatic rings. The summed E-state index contributed by atoms with van der Waals surface area (Å²) in [6, 6.07) is 8.29. The van der Waals surface area contributed by atoms with E-state index in [1.165, 1.54) is 5.69 Å². The number of guanidine groups is 1. The van der Waals surface area contributed by atoms with Gasteiger partial charge in [-0.25, -0.2) is 0 Å². The molecule has 1 saturated heterocycles. The summed E-state index contributed by atoms with van der Waals surface area (Å²) in [4.78, 5) is 9.66. The van der Waals surface area contributed by atoms with Crippen molar-refractivity contribution >= 4 is 11.6 Å². The number of anilines is 1. The third kappa shape index (κ3) is 5.87. The van der Waals surface area contributed by atoms with E-state index >= 15 is 0 Å². The molecule has 1 aromatic heterocycles. The summed E-state index contributed by atoms with van der Waals surface area (Å²) in [6.07, 6.45) is 2.69. The van der Waals surface area contributed by atoms with Crippen molar-refractivity contribution in [3.8, 4) is 5.75 Å². The Kier molecular flexibility index (Phi) is 7.93. The lowest BCUT2D eigenvalue weighted by atomic mass is 10.2. The van der Waals surface area contributed by atoms with Gasteiger partial charge in [0.05, 0.1) is 7.11 Å². The van der Waals surface area contributed by atoms with Gasteiger partial charge < -0.3 is 24.4 Å². The zero-order chi connectivity index (χ0) is 21.3. The van der Waals surface area contributed by atoms with Crippen molar-refractivity contribution < 1.29 is 4.74 Å². The molecule has 1 aliphatic heterocycles. The Hall–Kier alpha value is -2.77. The molecule has 0 saturated carbocycles. The minimum absolute atomic E-state index is 0.532. The molecular formula is C22H35N7O. The SMILES string of the molecule is CCc1nncn1CCNC(=NCC(C)C)N1CCN(c2cccc(OC)c2)CC1. The fourth-order valence-corrected chi connectivity index (χ4v) is 3.55. The fraction of sp³-hybridized carbons (Fsp3) is 0.591. The van der Waals surface area contributed by atoms with Crippen molar-refractivity contribution in [2.24, 2.45) is 10.9 Å². The Morgan fingerprint density at radius 1 is 1.23 bits per heavy atom. The number of piperazine rings is 1. The van der Waals surface area contributed by atoms with Crippen LogP contribution in [0, 0.1) is 5.92 Å². The quantitative estimate of drug-likeness (QED) is 0.529. The summed E-state index contributed by atoms with van der Waals surface area (Å²) < 4.78 is 7.48. The number of benzene rings is 1. The molecule has 2 aromatic rings. The molecule has 0 spiro atoms. The lowest BCUT2D eigenvalue weighted by Crippen LogP contribution is -2.53. The standard InChI is InChI=1S/C22H35N7O/c1-5-21-26-25-17-29(21)10-9-23-22(24-16-18(2)3)28-13-11-27(12-14-28)19-7-6-8-20(15-19)30-4/h6-8,15,17-18H,5,9-14,16H2,1-4H3,(H,23,24). The first kappa shape index (κ1) is 21.9. The Balaban J connectivity index is 1.58. The predicted molar refractivity (Wildman–Crippen MR) is 121 cm³/mol. The van der Waals surface area contributed by atoms with E-state index < -0.39 is 0 Å². The van der Waals surface area contributed by atoms with Crippen LogP contribution in [0.3, 0.4) is 0 Å². The van der Waals surface area contributed by atoms with Crippen LogP contribution in [0.1, 0.15) is 26.6 Å². The molecule has 8 heteroatoms.